The molecular formula is C17H8ClN5O5S. The van der Waals surface area contributed by atoms with Crippen molar-refractivity contribution in [2.24, 2.45) is 5.10 Å². The van der Waals surface area contributed by atoms with Crippen molar-refractivity contribution in [3.05, 3.63) is 63.2 Å². The predicted molar refractivity (Wildman–Crippen MR) is 107 cm³/mol. The van der Waals surface area contributed by atoms with Crippen molar-refractivity contribution in [1.82, 2.24) is 5.01 Å². The minimum atomic E-state index is -1.07. The maximum absolute atomic E-state index is 12.4. The van der Waals surface area contributed by atoms with Crippen LogP contribution in [0.2, 0.25) is 5.02 Å². The second-order valence-electron chi connectivity index (χ2n) is 5.91. The van der Waals surface area contributed by atoms with Crippen molar-refractivity contribution in [3.8, 4) is 0 Å². The molecule has 0 atom stereocenters. The lowest BCUT2D eigenvalue weighted by molar-refractivity contribution is -0.384. The molecule has 10 nitrogen and oxygen atoms in total. The fraction of sp³-hybridized carbons (Fsp3) is 0. The Morgan fingerprint density at radius 3 is 2.41 bits per heavy atom. The molecule has 3 amide bonds. The molecule has 0 bridgehead atoms. The first-order chi connectivity index (χ1) is 13.8. The van der Waals surface area contributed by atoms with Crippen LogP contribution in [0.5, 0.6) is 0 Å². The van der Waals surface area contributed by atoms with Crippen molar-refractivity contribution in [3.63, 3.8) is 0 Å². The highest BCUT2D eigenvalue weighted by Crippen LogP contribution is 2.29. The fourth-order valence-corrected chi connectivity index (χ4v) is 3.25. The number of anilines is 2. The van der Waals surface area contributed by atoms with Crippen LogP contribution >= 0.6 is 23.8 Å². The van der Waals surface area contributed by atoms with Crippen LogP contribution in [0.1, 0.15) is 5.56 Å². The molecule has 12 heteroatoms. The summed E-state index contributed by atoms with van der Waals surface area (Å²) in [4.78, 5) is 48.5. The van der Waals surface area contributed by atoms with E-state index in [9.17, 15) is 24.5 Å². The van der Waals surface area contributed by atoms with Crippen LogP contribution in [0.4, 0.5) is 17.1 Å². The third-order valence-electron chi connectivity index (χ3n) is 4.17. The number of non-ortho nitro benzene ring substituents is 1. The Hall–Kier alpha value is -3.70. The SMILES string of the molecule is O=C1Nc2ccc([N+](=O)[O-])cc2/C1=N/N1C(=O)C(=O)N(c2ccc(Cl)cc2)C1=S. The molecular weight excluding hydrogens is 422 g/mol. The standard InChI is InChI=1S/C17H8ClN5O5S/c18-8-1-3-9(4-2-8)21-15(25)16(26)22(17(21)29)20-13-11-7-10(23(27)28)5-6-12(11)19-14(13)24/h1-7H,(H,19,20,24). The van der Waals surface area contributed by atoms with E-state index in [1.165, 1.54) is 36.4 Å². The summed E-state index contributed by atoms with van der Waals surface area (Å²) in [6.07, 6.45) is 0. The zero-order valence-corrected chi connectivity index (χ0v) is 15.7. The normalized spacial score (nSPS) is 17.2. The summed E-state index contributed by atoms with van der Waals surface area (Å²) in [5, 5.41) is 18.2. The zero-order chi connectivity index (χ0) is 20.9. The minimum absolute atomic E-state index is 0.122. The van der Waals surface area contributed by atoms with Crippen molar-refractivity contribution in [1.29, 1.82) is 0 Å². The summed E-state index contributed by atoms with van der Waals surface area (Å²) in [5.41, 5.74) is 0.176. The lowest BCUT2D eigenvalue weighted by atomic mass is 10.1. The number of hydrogen-bond donors (Lipinski definition) is 1. The van der Waals surface area contributed by atoms with E-state index in [0.717, 1.165) is 11.0 Å². The van der Waals surface area contributed by atoms with Gasteiger partial charge in [-0.05, 0) is 42.5 Å². The van der Waals surface area contributed by atoms with Gasteiger partial charge in [0.05, 0.1) is 16.3 Å². The third kappa shape index (κ3) is 3.02. The number of nitrogens with one attached hydrogen (secondary N) is 1. The van der Waals surface area contributed by atoms with Gasteiger partial charge >= 0.3 is 11.8 Å². The number of nitro groups is 1. The summed E-state index contributed by atoms with van der Waals surface area (Å²) in [7, 11) is 0. The maximum Gasteiger partial charge on any atom is 0.339 e. The van der Waals surface area contributed by atoms with Crippen molar-refractivity contribution in [2.75, 3.05) is 10.2 Å². The van der Waals surface area contributed by atoms with Gasteiger partial charge in [0, 0.05) is 22.7 Å². The summed E-state index contributed by atoms with van der Waals surface area (Å²) < 4.78 is 0. The monoisotopic (exact) mass is 429 g/mol. The topological polar surface area (TPSA) is 125 Å². The van der Waals surface area contributed by atoms with Gasteiger partial charge in [-0.2, -0.15) is 10.1 Å². The van der Waals surface area contributed by atoms with Gasteiger partial charge in [-0.15, -0.1) is 0 Å². The second-order valence-corrected chi connectivity index (χ2v) is 6.71. The lowest BCUT2D eigenvalue weighted by Crippen LogP contribution is -2.31. The molecule has 144 valence electrons. The molecule has 2 heterocycles. The summed E-state index contributed by atoms with van der Waals surface area (Å²) >= 11 is 11.0. The Bertz CT molecular complexity index is 1160. The summed E-state index contributed by atoms with van der Waals surface area (Å²) in [5.74, 6) is -2.71. The van der Waals surface area contributed by atoms with E-state index >= 15 is 0 Å². The Kier molecular flexibility index (Phi) is 4.32. The highest BCUT2D eigenvalue weighted by molar-refractivity contribution is 7.80. The molecule has 0 spiro atoms. The van der Waals surface area contributed by atoms with Crippen LogP contribution in [-0.2, 0) is 14.4 Å². The van der Waals surface area contributed by atoms with Crippen LogP contribution in [-0.4, -0.2) is 38.5 Å². The molecule has 1 N–H and O–H groups in total. The van der Waals surface area contributed by atoms with E-state index in [4.69, 9.17) is 23.8 Å². The van der Waals surface area contributed by atoms with Gasteiger partial charge in [0.15, 0.2) is 5.71 Å². The molecule has 1 saturated heterocycles. The first-order valence-corrected chi connectivity index (χ1v) is 8.73. The Balaban J connectivity index is 1.74. The largest absolute Gasteiger partial charge is 0.339 e. The summed E-state index contributed by atoms with van der Waals surface area (Å²) in [6.45, 7) is 0. The molecule has 0 saturated carbocycles. The first kappa shape index (κ1) is 18.7. The lowest BCUT2D eigenvalue weighted by Gasteiger charge is -2.15. The first-order valence-electron chi connectivity index (χ1n) is 7.95. The Morgan fingerprint density at radius 2 is 1.76 bits per heavy atom. The highest BCUT2D eigenvalue weighted by atomic mass is 35.5. The molecule has 2 aliphatic rings. The smallest absolute Gasteiger partial charge is 0.320 e. The molecule has 0 aromatic heterocycles. The molecule has 0 unspecified atom stereocenters. The zero-order valence-electron chi connectivity index (χ0n) is 14.2. The number of hydrazone groups is 1. The molecule has 1 fully saturated rings. The quantitative estimate of drug-likeness (QED) is 0.344. The van der Waals surface area contributed by atoms with Gasteiger partial charge in [0.2, 0.25) is 5.11 Å². The van der Waals surface area contributed by atoms with E-state index in [1.807, 2.05) is 0 Å². The van der Waals surface area contributed by atoms with Crippen LogP contribution in [0, 0.1) is 10.1 Å². The van der Waals surface area contributed by atoms with E-state index in [-0.39, 0.29) is 27.8 Å². The maximum atomic E-state index is 12.4. The number of amides is 3. The van der Waals surface area contributed by atoms with Crippen molar-refractivity contribution >= 4 is 69.4 Å². The van der Waals surface area contributed by atoms with Gasteiger partial charge in [-0.1, -0.05) is 11.6 Å². The number of rotatable bonds is 3. The summed E-state index contributed by atoms with van der Waals surface area (Å²) in [6, 6.07) is 9.75. The predicted octanol–water partition coefficient (Wildman–Crippen LogP) is 2.06. The van der Waals surface area contributed by atoms with Gasteiger partial charge < -0.3 is 5.32 Å². The Morgan fingerprint density at radius 1 is 1.07 bits per heavy atom. The van der Waals surface area contributed by atoms with Gasteiger partial charge in [-0.25, -0.2) is 4.90 Å². The Labute approximate surface area is 172 Å². The van der Waals surface area contributed by atoms with Gasteiger partial charge in [-0.3, -0.25) is 24.5 Å². The second kappa shape index (κ2) is 6.72. The number of nitrogens with zero attached hydrogens (tertiary/aromatic N) is 4. The van der Waals surface area contributed by atoms with Crippen LogP contribution in [0.3, 0.4) is 0 Å². The van der Waals surface area contributed by atoms with Crippen LogP contribution in [0.15, 0.2) is 47.6 Å². The number of benzene rings is 2. The number of fused-ring (bicyclic) bond motifs is 1. The number of nitro benzene ring substituents is 1. The number of carbonyl (C=O) groups is 3. The van der Waals surface area contributed by atoms with Crippen molar-refractivity contribution in [2.45, 2.75) is 0 Å². The van der Waals surface area contributed by atoms with E-state index in [2.05, 4.69) is 10.4 Å². The van der Waals surface area contributed by atoms with Gasteiger partial charge in [0.25, 0.3) is 11.6 Å². The molecule has 29 heavy (non-hydrogen) atoms. The molecule has 0 radical (unpaired) electrons. The number of carbonyl (C=O) groups excluding carboxylic acids is 3. The van der Waals surface area contributed by atoms with Gasteiger partial charge in [0.1, 0.15) is 0 Å². The average molecular weight is 430 g/mol. The van der Waals surface area contributed by atoms with E-state index in [1.54, 1.807) is 0 Å². The van der Waals surface area contributed by atoms with Crippen LogP contribution in [0.25, 0.3) is 0 Å². The van der Waals surface area contributed by atoms with Crippen molar-refractivity contribution < 1.29 is 19.3 Å². The van der Waals surface area contributed by atoms with Crippen LogP contribution < -0.4 is 10.2 Å². The van der Waals surface area contributed by atoms with E-state index in [0.29, 0.717) is 15.7 Å². The molecule has 2 aliphatic heterocycles. The average Bonchev–Trinajstić information content (AvgIpc) is 3.11. The molecule has 0 aliphatic carbocycles. The number of halogens is 1. The minimum Gasteiger partial charge on any atom is -0.320 e. The third-order valence-corrected chi connectivity index (χ3v) is 4.78. The fourth-order valence-electron chi connectivity index (χ4n) is 2.81. The molecule has 4 rings (SSSR count). The number of thiocarbonyl (C=S) groups is 1. The molecule has 2 aromatic rings. The number of hydrogen-bond acceptors (Lipinski definition) is 7. The van der Waals surface area contributed by atoms with E-state index < -0.39 is 22.6 Å². The highest BCUT2D eigenvalue weighted by Gasteiger charge is 2.44. The molecule has 2 aromatic carbocycles.